The summed E-state index contributed by atoms with van der Waals surface area (Å²) >= 11 is 3.18. The van der Waals surface area contributed by atoms with Crippen LogP contribution in [-0.2, 0) is 0 Å². The van der Waals surface area contributed by atoms with E-state index < -0.39 is 29.0 Å². The molecule has 2 rings (SSSR count). The summed E-state index contributed by atoms with van der Waals surface area (Å²) in [5.74, 6) is -4.42. The average Bonchev–Trinajstić information content (AvgIpc) is 2.39. The Morgan fingerprint density at radius 3 is 2.52 bits per heavy atom. The van der Waals surface area contributed by atoms with Gasteiger partial charge in [-0.05, 0) is 24.6 Å². The second kappa shape index (κ2) is 5.77. The predicted octanol–water partition coefficient (Wildman–Crippen LogP) is 4.01. The fourth-order valence-corrected chi connectivity index (χ4v) is 2.25. The number of carbonyl (C=O) groups excluding carboxylic acids is 1. The Kier molecular flexibility index (Phi) is 4.22. The lowest BCUT2D eigenvalue weighted by atomic mass is 10.1. The predicted molar refractivity (Wildman–Crippen MR) is 77.6 cm³/mol. The van der Waals surface area contributed by atoms with Gasteiger partial charge < -0.3 is 11.1 Å². The minimum atomic E-state index is -1.38. The molecule has 7 heteroatoms. The highest BCUT2D eigenvalue weighted by Crippen LogP contribution is 2.25. The van der Waals surface area contributed by atoms with Crippen LogP contribution in [0.25, 0.3) is 0 Å². The fourth-order valence-electron chi connectivity index (χ4n) is 1.77. The maximum Gasteiger partial charge on any atom is 0.256 e. The molecule has 0 unspecified atom stereocenters. The Labute approximate surface area is 127 Å². The Balaban J connectivity index is 2.39. The summed E-state index contributed by atoms with van der Waals surface area (Å²) in [6.07, 6.45) is 0. The van der Waals surface area contributed by atoms with Crippen LogP contribution < -0.4 is 11.1 Å². The van der Waals surface area contributed by atoms with Crippen LogP contribution in [0.15, 0.2) is 28.7 Å². The maximum atomic E-state index is 13.5. The zero-order valence-electron chi connectivity index (χ0n) is 10.8. The fraction of sp³-hybridized carbons (Fsp3) is 0.0714. The summed E-state index contributed by atoms with van der Waals surface area (Å²) in [4.78, 5) is 12.1. The SMILES string of the molecule is Cc1c(N)cc(Br)cc1C(=O)Nc1cc(F)cc(F)c1F. The summed E-state index contributed by atoms with van der Waals surface area (Å²) in [5, 5.41) is 2.13. The minimum absolute atomic E-state index is 0.172. The quantitative estimate of drug-likeness (QED) is 0.629. The highest BCUT2D eigenvalue weighted by atomic mass is 79.9. The van der Waals surface area contributed by atoms with E-state index in [9.17, 15) is 18.0 Å². The second-order valence-electron chi connectivity index (χ2n) is 4.37. The van der Waals surface area contributed by atoms with Gasteiger partial charge in [-0.1, -0.05) is 15.9 Å². The molecule has 3 N–H and O–H groups in total. The number of amides is 1. The highest BCUT2D eigenvalue weighted by molar-refractivity contribution is 9.10. The minimum Gasteiger partial charge on any atom is -0.398 e. The average molecular weight is 359 g/mol. The number of anilines is 2. The van der Waals surface area contributed by atoms with E-state index in [0.29, 0.717) is 27.9 Å². The van der Waals surface area contributed by atoms with Crippen LogP contribution in [0, 0.1) is 24.4 Å². The number of rotatable bonds is 2. The van der Waals surface area contributed by atoms with Crippen molar-refractivity contribution in [1.82, 2.24) is 0 Å². The first kappa shape index (κ1) is 15.4. The number of hydrogen-bond donors (Lipinski definition) is 2. The van der Waals surface area contributed by atoms with Crippen molar-refractivity contribution in [2.24, 2.45) is 0 Å². The molecule has 0 saturated heterocycles. The van der Waals surface area contributed by atoms with E-state index in [0.717, 1.165) is 0 Å². The Morgan fingerprint density at radius 2 is 1.86 bits per heavy atom. The van der Waals surface area contributed by atoms with Gasteiger partial charge >= 0.3 is 0 Å². The van der Waals surface area contributed by atoms with Gasteiger partial charge in [0.1, 0.15) is 5.82 Å². The lowest BCUT2D eigenvalue weighted by molar-refractivity contribution is 0.102. The number of nitrogens with two attached hydrogens (primary N) is 1. The summed E-state index contributed by atoms with van der Waals surface area (Å²) < 4.78 is 40.3. The van der Waals surface area contributed by atoms with Gasteiger partial charge in [-0.25, -0.2) is 13.2 Å². The van der Waals surface area contributed by atoms with Crippen molar-refractivity contribution < 1.29 is 18.0 Å². The van der Waals surface area contributed by atoms with Crippen LogP contribution in [0.4, 0.5) is 24.5 Å². The van der Waals surface area contributed by atoms with Crippen LogP contribution in [0.3, 0.4) is 0 Å². The molecule has 21 heavy (non-hydrogen) atoms. The van der Waals surface area contributed by atoms with Crippen molar-refractivity contribution in [3.63, 3.8) is 0 Å². The third kappa shape index (κ3) is 3.18. The van der Waals surface area contributed by atoms with E-state index in [1.165, 1.54) is 6.07 Å². The molecule has 2 aromatic rings. The largest absolute Gasteiger partial charge is 0.398 e. The van der Waals surface area contributed by atoms with Crippen molar-refractivity contribution in [1.29, 1.82) is 0 Å². The van der Waals surface area contributed by atoms with Crippen LogP contribution in [0.2, 0.25) is 0 Å². The number of halogens is 4. The number of nitrogen functional groups attached to an aromatic ring is 1. The van der Waals surface area contributed by atoms with Gasteiger partial charge in [0.15, 0.2) is 11.6 Å². The van der Waals surface area contributed by atoms with Crippen molar-refractivity contribution in [3.05, 3.63) is 57.3 Å². The van der Waals surface area contributed by atoms with Gasteiger partial charge in [0.2, 0.25) is 0 Å². The topological polar surface area (TPSA) is 55.1 Å². The van der Waals surface area contributed by atoms with E-state index in [1.807, 2.05) is 0 Å². The van der Waals surface area contributed by atoms with Crippen molar-refractivity contribution in [2.45, 2.75) is 6.92 Å². The maximum absolute atomic E-state index is 13.5. The van der Waals surface area contributed by atoms with Crippen LogP contribution >= 0.6 is 15.9 Å². The summed E-state index contributed by atoms with van der Waals surface area (Å²) in [6, 6.07) is 4.18. The summed E-state index contributed by atoms with van der Waals surface area (Å²) in [6.45, 7) is 1.61. The molecule has 0 fully saturated rings. The van der Waals surface area contributed by atoms with Gasteiger partial charge in [-0.2, -0.15) is 0 Å². The van der Waals surface area contributed by atoms with E-state index in [-0.39, 0.29) is 5.56 Å². The summed E-state index contributed by atoms with van der Waals surface area (Å²) in [5.41, 5.74) is 6.17. The molecular weight excluding hydrogens is 349 g/mol. The second-order valence-corrected chi connectivity index (χ2v) is 5.29. The molecule has 0 aliphatic rings. The van der Waals surface area contributed by atoms with Crippen LogP contribution in [0.1, 0.15) is 15.9 Å². The first-order chi connectivity index (χ1) is 9.79. The zero-order chi connectivity index (χ0) is 15.7. The molecule has 0 aliphatic heterocycles. The standard InChI is InChI=1S/C14H10BrF3N2O/c1-6-9(2-7(15)3-11(6)19)14(21)20-12-5-8(16)4-10(17)13(12)18/h2-5H,19H2,1H3,(H,20,21). The van der Waals surface area contributed by atoms with Crippen molar-refractivity contribution >= 4 is 33.2 Å². The molecule has 0 aromatic heterocycles. The molecular formula is C14H10BrF3N2O. The normalized spacial score (nSPS) is 10.5. The molecule has 3 nitrogen and oxygen atoms in total. The number of nitrogens with one attached hydrogen (secondary N) is 1. The first-order valence-corrected chi connectivity index (χ1v) is 6.60. The van der Waals surface area contributed by atoms with E-state index in [1.54, 1.807) is 13.0 Å². The Bertz CT molecular complexity index is 735. The molecule has 1 amide bonds. The van der Waals surface area contributed by atoms with Crippen molar-refractivity contribution in [2.75, 3.05) is 11.1 Å². The molecule has 0 radical (unpaired) electrons. The third-order valence-corrected chi connectivity index (χ3v) is 3.36. The van der Waals surface area contributed by atoms with E-state index in [4.69, 9.17) is 5.73 Å². The molecule has 0 bridgehead atoms. The van der Waals surface area contributed by atoms with Gasteiger partial charge in [0.25, 0.3) is 5.91 Å². The van der Waals surface area contributed by atoms with E-state index in [2.05, 4.69) is 21.2 Å². The van der Waals surface area contributed by atoms with E-state index >= 15 is 0 Å². The molecule has 0 atom stereocenters. The van der Waals surface area contributed by atoms with Crippen LogP contribution in [-0.4, -0.2) is 5.91 Å². The Morgan fingerprint density at radius 1 is 1.19 bits per heavy atom. The van der Waals surface area contributed by atoms with Crippen molar-refractivity contribution in [3.8, 4) is 0 Å². The first-order valence-electron chi connectivity index (χ1n) is 5.81. The van der Waals surface area contributed by atoms with Gasteiger partial charge in [-0.15, -0.1) is 0 Å². The summed E-state index contributed by atoms with van der Waals surface area (Å²) in [7, 11) is 0. The smallest absolute Gasteiger partial charge is 0.256 e. The highest BCUT2D eigenvalue weighted by Gasteiger charge is 2.17. The third-order valence-electron chi connectivity index (χ3n) is 2.90. The molecule has 110 valence electrons. The van der Waals surface area contributed by atoms with Gasteiger partial charge in [0.05, 0.1) is 5.69 Å². The Hall–Kier alpha value is -2.02. The number of carbonyl (C=O) groups is 1. The monoisotopic (exact) mass is 358 g/mol. The molecule has 0 aliphatic carbocycles. The van der Waals surface area contributed by atoms with Gasteiger partial charge in [0, 0.05) is 27.9 Å². The molecule has 0 saturated carbocycles. The number of benzene rings is 2. The molecule has 2 aromatic carbocycles. The zero-order valence-corrected chi connectivity index (χ0v) is 12.4. The molecule has 0 spiro atoms. The lowest BCUT2D eigenvalue weighted by Gasteiger charge is -2.11. The van der Waals surface area contributed by atoms with Gasteiger partial charge in [-0.3, -0.25) is 4.79 Å². The van der Waals surface area contributed by atoms with Crippen LogP contribution in [0.5, 0.6) is 0 Å². The lowest BCUT2D eigenvalue weighted by Crippen LogP contribution is -2.16. The molecule has 0 heterocycles. The number of hydrogen-bond acceptors (Lipinski definition) is 2.